The lowest BCUT2D eigenvalue weighted by molar-refractivity contribution is -0.00961. The van der Waals surface area contributed by atoms with Crippen LogP contribution in [0, 0.1) is 0 Å². The second-order valence-corrected chi connectivity index (χ2v) is 6.24. The Morgan fingerprint density at radius 1 is 0.917 bits per heavy atom. The standard InChI is InChI=1S/C20H26N2O2/c23-19(15-22-13-11-21-12-14-22)16-24-20(17-7-3-1-4-8-17)18-9-5-2-6-10-18/h1-10,19-21,23H,11-16H2. The van der Waals surface area contributed by atoms with Crippen molar-refractivity contribution in [2.75, 3.05) is 39.3 Å². The van der Waals surface area contributed by atoms with E-state index in [4.69, 9.17) is 4.74 Å². The van der Waals surface area contributed by atoms with Crippen LogP contribution in [0.4, 0.5) is 0 Å². The molecular formula is C20H26N2O2. The predicted octanol–water partition coefficient (Wildman–Crippen LogP) is 2.06. The summed E-state index contributed by atoms with van der Waals surface area (Å²) >= 11 is 0. The van der Waals surface area contributed by atoms with Gasteiger partial charge in [0, 0.05) is 32.7 Å². The van der Waals surface area contributed by atoms with Crippen molar-refractivity contribution in [2.24, 2.45) is 0 Å². The third-order valence-electron chi connectivity index (χ3n) is 4.34. The van der Waals surface area contributed by atoms with Crippen molar-refractivity contribution in [3.8, 4) is 0 Å². The van der Waals surface area contributed by atoms with Gasteiger partial charge in [0.05, 0.1) is 12.7 Å². The molecule has 4 nitrogen and oxygen atoms in total. The molecule has 1 aliphatic rings. The van der Waals surface area contributed by atoms with Gasteiger partial charge in [-0.3, -0.25) is 4.90 Å². The SMILES string of the molecule is OC(COC(c1ccccc1)c1ccccc1)CN1CCNCC1. The van der Waals surface area contributed by atoms with E-state index < -0.39 is 6.10 Å². The van der Waals surface area contributed by atoms with Crippen molar-refractivity contribution < 1.29 is 9.84 Å². The van der Waals surface area contributed by atoms with Crippen molar-refractivity contribution in [3.63, 3.8) is 0 Å². The van der Waals surface area contributed by atoms with E-state index in [0.717, 1.165) is 37.3 Å². The number of aliphatic hydroxyl groups is 1. The third-order valence-corrected chi connectivity index (χ3v) is 4.34. The fraction of sp³-hybridized carbons (Fsp3) is 0.400. The summed E-state index contributed by atoms with van der Waals surface area (Å²) in [5.41, 5.74) is 2.22. The van der Waals surface area contributed by atoms with Crippen LogP contribution in [0.25, 0.3) is 0 Å². The van der Waals surface area contributed by atoms with Crippen molar-refractivity contribution >= 4 is 0 Å². The molecule has 0 radical (unpaired) electrons. The van der Waals surface area contributed by atoms with Crippen LogP contribution in [-0.2, 0) is 4.74 Å². The summed E-state index contributed by atoms with van der Waals surface area (Å²) in [4.78, 5) is 2.28. The molecule has 0 spiro atoms. The molecule has 2 aromatic rings. The van der Waals surface area contributed by atoms with Gasteiger partial charge in [-0.1, -0.05) is 60.7 Å². The largest absolute Gasteiger partial charge is 0.389 e. The summed E-state index contributed by atoms with van der Waals surface area (Å²) in [5, 5.41) is 13.7. The van der Waals surface area contributed by atoms with Crippen LogP contribution in [0.1, 0.15) is 17.2 Å². The summed E-state index contributed by atoms with van der Waals surface area (Å²) in [6.45, 7) is 4.94. The Balaban J connectivity index is 1.62. The van der Waals surface area contributed by atoms with E-state index in [1.54, 1.807) is 0 Å². The lowest BCUT2D eigenvalue weighted by atomic mass is 10.0. The molecule has 24 heavy (non-hydrogen) atoms. The molecule has 1 aliphatic heterocycles. The number of nitrogens with zero attached hydrogens (tertiary/aromatic N) is 1. The van der Waals surface area contributed by atoms with E-state index in [1.165, 1.54) is 0 Å². The van der Waals surface area contributed by atoms with E-state index in [9.17, 15) is 5.11 Å². The first-order chi connectivity index (χ1) is 11.8. The number of piperazine rings is 1. The van der Waals surface area contributed by atoms with Gasteiger partial charge in [-0.25, -0.2) is 0 Å². The van der Waals surface area contributed by atoms with Gasteiger partial charge in [-0.05, 0) is 11.1 Å². The Morgan fingerprint density at radius 2 is 1.46 bits per heavy atom. The molecule has 1 fully saturated rings. The van der Waals surface area contributed by atoms with Gasteiger partial charge in [0.25, 0.3) is 0 Å². The molecule has 2 aromatic carbocycles. The molecule has 4 heteroatoms. The minimum absolute atomic E-state index is 0.148. The highest BCUT2D eigenvalue weighted by Gasteiger charge is 2.18. The maximum atomic E-state index is 10.4. The van der Waals surface area contributed by atoms with Crippen molar-refractivity contribution in [1.82, 2.24) is 10.2 Å². The summed E-state index contributed by atoms with van der Waals surface area (Å²) in [6.07, 6.45) is -0.622. The minimum atomic E-state index is -0.474. The van der Waals surface area contributed by atoms with E-state index in [2.05, 4.69) is 34.5 Å². The molecule has 128 valence electrons. The average molecular weight is 326 g/mol. The van der Waals surface area contributed by atoms with Crippen LogP contribution >= 0.6 is 0 Å². The highest BCUT2D eigenvalue weighted by Crippen LogP contribution is 2.25. The molecule has 1 heterocycles. The Kier molecular flexibility index (Phi) is 6.38. The molecule has 1 atom stereocenters. The second kappa shape index (κ2) is 8.94. The monoisotopic (exact) mass is 326 g/mol. The van der Waals surface area contributed by atoms with Crippen LogP contribution in [0.5, 0.6) is 0 Å². The van der Waals surface area contributed by atoms with Crippen molar-refractivity contribution in [2.45, 2.75) is 12.2 Å². The van der Waals surface area contributed by atoms with E-state index in [-0.39, 0.29) is 6.10 Å². The van der Waals surface area contributed by atoms with Gasteiger partial charge in [-0.2, -0.15) is 0 Å². The Bertz CT molecular complexity index is 546. The van der Waals surface area contributed by atoms with Gasteiger partial charge >= 0.3 is 0 Å². The molecule has 0 saturated carbocycles. The quantitative estimate of drug-likeness (QED) is 0.817. The van der Waals surface area contributed by atoms with Gasteiger partial charge in [0.15, 0.2) is 0 Å². The normalized spacial score (nSPS) is 17.1. The molecule has 0 aromatic heterocycles. The molecule has 0 aliphatic carbocycles. The van der Waals surface area contributed by atoms with Gasteiger partial charge in [-0.15, -0.1) is 0 Å². The number of benzene rings is 2. The molecule has 1 unspecified atom stereocenters. The number of hydrogen-bond acceptors (Lipinski definition) is 4. The fourth-order valence-corrected chi connectivity index (χ4v) is 3.09. The van der Waals surface area contributed by atoms with Crippen LogP contribution in [0.3, 0.4) is 0 Å². The molecule has 2 N–H and O–H groups in total. The number of hydrogen-bond donors (Lipinski definition) is 2. The number of β-amino-alcohol motifs (C(OH)–C–C–N with tert-alkyl or cyclic N) is 1. The fourth-order valence-electron chi connectivity index (χ4n) is 3.09. The van der Waals surface area contributed by atoms with Gasteiger partial charge in [0.1, 0.15) is 6.10 Å². The lowest BCUT2D eigenvalue weighted by Crippen LogP contribution is -2.47. The van der Waals surface area contributed by atoms with Crippen LogP contribution in [0.15, 0.2) is 60.7 Å². The first kappa shape index (κ1) is 17.1. The summed E-state index contributed by atoms with van der Waals surface area (Å²) in [7, 11) is 0. The summed E-state index contributed by atoms with van der Waals surface area (Å²) < 4.78 is 6.13. The molecular weight excluding hydrogens is 300 g/mol. The van der Waals surface area contributed by atoms with Crippen LogP contribution in [-0.4, -0.2) is 55.4 Å². The van der Waals surface area contributed by atoms with E-state index in [0.29, 0.717) is 13.2 Å². The number of rotatable bonds is 7. The zero-order chi connectivity index (χ0) is 16.6. The van der Waals surface area contributed by atoms with Gasteiger partial charge in [0.2, 0.25) is 0 Å². The van der Waals surface area contributed by atoms with Crippen LogP contribution in [0.2, 0.25) is 0 Å². The maximum Gasteiger partial charge on any atom is 0.108 e. The summed E-state index contributed by atoms with van der Waals surface area (Å²) in [6, 6.07) is 20.4. The zero-order valence-corrected chi connectivity index (χ0v) is 14.0. The van der Waals surface area contributed by atoms with E-state index >= 15 is 0 Å². The molecule has 0 bridgehead atoms. The number of ether oxygens (including phenoxy) is 1. The molecule has 0 amide bonds. The summed E-state index contributed by atoms with van der Waals surface area (Å²) in [5.74, 6) is 0. The third kappa shape index (κ3) is 4.89. The maximum absolute atomic E-state index is 10.4. The van der Waals surface area contributed by atoms with Gasteiger partial charge < -0.3 is 15.2 Å². The Labute approximate surface area is 144 Å². The molecule has 1 saturated heterocycles. The van der Waals surface area contributed by atoms with Crippen molar-refractivity contribution in [3.05, 3.63) is 71.8 Å². The molecule has 3 rings (SSSR count). The minimum Gasteiger partial charge on any atom is -0.389 e. The highest BCUT2D eigenvalue weighted by molar-refractivity contribution is 5.29. The highest BCUT2D eigenvalue weighted by atomic mass is 16.5. The van der Waals surface area contributed by atoms with Crippen molar-refractivity contribution in [1.29, 1.82) is 0 Å². The zero-order valence-electron chi connectivity index (χ0n) is 14.0. The first-order valence-corrected chi connectivity index (χ1v) is 8.65. The first-order valence-electron chi connectivity index (χ1n) is 8.65. The number of nitrogens with one attached hydrogen (secondary N) is 1. The Morgan fingerprint density at radius 3 is 2.00 bits per heavy atom. The van der Waals surface area contributed by atoms with E-state index in [1.807, 2.05) is 36.4 Å². The number of aliphatic hydroxyl groups excluding tert-OH is 1. The lowest BCUT2D eigenvalue weighted by Gasteiger charge is -2.29. The smallest absolute Gasteiger partial charge is 0.108 e. The van der Waals surface area contributed by atoms with Crippen LogP contribution < -0.4 is 5.32 Å². The second-order valence-electron chi connectivity index (χ2n) is 6.24. The topological polar surface area (TPSA) is 44.7 Å². The Hall–Kier alpha value is -1.72. The average Bonchev–Trinajstić information content (AvgIpc) is 2.64. The predicted molar refractivity (Wildman–Crippen MR) is 96.0 cm³/mol.